The highest BCUT2D eigenvalue weighted by atomic mass is 16.5. The van der Waals surface area contributed by atoms with Crippen molar-refractivity contribution in [1.29, 1.82) is 0 Å². The molecular weight excluding hydrogens is 272 g/mol. The first-order valence-corrected chi connectivity index (χ1v) is 8.00. The van der Waals surface area contributed by atoms with E-state index in [1.807, 2.05) is 6.07 Å². The Kier molecular flexibility index (Phi) is 4.88. The van der Waals surface area contributed by atoms with Crippen LogP contribution in [-0.2, 0) is 4.74 Å². The Balaban J connectivity index is 1.90. The standard InChI is InChI=1S/C19H24N2O/c20-12-18(14-5-2-1-3-6-14)16-8-4-7-15(11-16)17-9-10-22-19(17)13-21/h1-8,11,17-19H,9-10,12-13,20-21H2. The van der Waals surface area contributed by atoms with Crippen molar-refractivity contribution in [3.63, 3.8) is 0 Å². The summed E-state index contributed by atoms with van der Waals surface area (Å²) in [6.07, 6.45) is 1.19. The summed E-state index contributed by atoms with van der Waals surface area (Å²) >= 11 is 0. The molecule has 3 rings (SSSR count). The van der Waals surface area contributed by atoms with E-state index in [0.29, 0.717) is 19.0 Å². The SMILES string of the molecule is NCC(c1ccccc1)c1cccc(C2CCOC2CN)c1. The van der Waals surface area contributed by atoms with Crippen LogP contribution in [0.4, 0.5) is 0 Å². The highest BCUT2D eigenvalue weighted by molar-refractivity contribution is 5.37. The quantitative estimate of drug-likeness (QED) is 0.891. The second-order valence-corrected chi connectivity index (χ2v) is 5.91. The molecule has 22 heavy (non-hydrogen) atoms. The van der Waals surface area contributed by atoms with Gasteiger partial charge in [-0.25, -0.2) is 0 Å². The predicted octanol–water partition coefficient (Wildman–Crippen LogP) is 2.61. The molecule has 0 spiro atoms. The molecule has 3 nitrogen and oxygen atoms in total. The molecular formula is C19H24N2O. The van der Waals surface area contributed by atoms with Crippen molar-refractivity contribution < 1.29 is 4.74 Å². The van der Waals surface area contributed by atoms with E-state index in [-0.39, 0.29) is 12.0 Å². The Hall–Kier alpha value is -1.68. The maximum Gasteiger partial charge on any atom is 0.0766 e. The number of nitrogens with two attached hydrogens (primary N) is 2. The average molecular weight is 296 g/mol. The topological polar surface area (TPSA) is 61.3 Å². The van der Waals surface area contributed by atoms with Crippen LogP contribution < -0.4 is 11.5 Å². The summed E-state index contributed by atoms with van der Waals surface area (Å²) < 4.78 is 5.73. The summed E-state index contributed by atoms with van der Waals surface area (Å²) in [5.74, 6) is 0.638. The molecule has 4 N–H and O–H groups in total. The molecule has 116 valence electrons. The van der Waals surface area contributed by atoms with E-state index >= 15 is 0 Å². The van der Waals surface area contributed by atoms with Crippen LogP contribution >= 0.6 is 0 Å². The third kappa shape index (κ3) is 3.07. The highest BCUT2D eigenvalue weighted by Gasteiger charge is 2.28. The van der Waals surface area contributed by atoms with Gasteiger partial charge in [0.05, 0.1) is 6.10 Å². The van der Waals surface area contributed by atoms with Crippen LogP contribution in [0.25, 0.3) is 0 Å². The molecule has 2 aromatic rings. The Morgan fingerprint density at radius 3 is 2.50 bits per heavy atom. The number of hydrogen-bond donors (Lipinski definition) is 2. The molecule has 0 radical (unpaired) electrons. The van der Waals surface area contributed by atoms with Gasteiger partial charge in [-0.3, -0.25) is 0 Å². The number of benzene rings is 2. The van der Waals surface area contributed by atoms with Gasteiger partial charge in [0.15, 0.2) is 0 Å². The maximum atomic E-state index is 6.05. The van der Waals surface area contributed by atoms with Gasteiger partial charge >= 0.3 is 0 Å². The molecule has 3 heteroatoms. The smallest absolute Gasteiger partial charge is 0.0766 e. The van der Waals surface area contributed by atoms with Crippen LogP contribution in [0.15, 0.2) is 54.6 Å². The lowest BCUT2D eigenvalue weighted by Gasteiger charge is -2.21. The first-order valence-electron chi connectivity index (χ1n) is 8.00. The van der Waals surface area contributed by atoms with Crippen molar-refractivity contribution >= 4 is 0 Å². The van der Waals surface area contributed by atoms with Crippen molar-refractivity contribution in [2.75, 3.05) is 19.7 Å². The first kappa shape index (κ1) is 15.2. The van der Waals surface area contributed by atoms with E-state index in [2.05, 4.69) is 48.5 Å². The molecule has 0 amide bonds. The monoisotopic (exact) mass is 296 g/mol. The molecule has 0 bridgehead atoms. The zero-order valence-corrected chi connectivity index (χ0v) is 12.8. The van der Waals surface area contributed by atoms with Crippen molar-refractivity contribution in [3.8, 4) is 0 Å². The van der Waals surface area contributed by atoms with Crippen LogP contribution in [0.5, 0.6) is 0 Å². The van der Waals surface area contributed by atoms with E-state index in [1.165, 1.54) is 16.7 Å². The van der Waals surface area contributed by atoms with Gasteiger partial charge < -0.3 is 16.2 Å². The van der Waals surface area contributed by atoms with Gasteiger partial charge in [-0.15, -0.1) is 0 Å². The van der Waals surface area contributed by atoms with Gasteiger partial charge in [0.2, 0.25) is 0 Å². The van der Waals surface area contributed by atoms with Crippen LogP contribution in [0.2, 0.25) is 0 Å². The van der Waals surface area contributed by atoms with E-state index in [9.17, 15) is 0 Å². The largest absolute Gasteiger partial charge is 0.376 e. The van der Waals surface area contributed by atoms with Gasteiger partial charge in [-0.05, 0) is 23.1 Å². The second-order valence-electron chi connectivity index (χ2n) is 5.91. The van der Waals surface area contributed by atoms with Crippen LogP contribution in [-0.4, -0.2) is 25.8 Å². The van der Waals surface area contributed by atoms with Crippen LogP contribution in [0.3, 0.4) is 0 Å². The summed E-state index contributed by atoms with van der Waals surface area (Å²) in [6.45, 7) is 1.98. The van der Waals surface area contributed by atoms with Gasteiger partial charge in [0, 0.05) is 31.5 Å². The summed E-state index contributed by atoms with van der Waals surface area (Å²) in [5.41, 5.74) is 15.7. The Bertz CT molecular complexity index is 599. The molecule has 3 atom stereocenters. The average Bonchev–Trinajstić information content (AvgIpc) is 3.05. The molecule has 2 aromatic carbocycles. The molecule has 1 saturated heterocycles. The fourth-order valence-electron chi connectivity index (χ4n) is 3.42. The van der Waals surface area contributed by atoms with Gasteiger partial charge in [0.25, 0.3) is 0 Å². The molecule has 1 aliphatic rings. The Labute approximate surface area is 132 Å². The summed E-state index contributed by atoms with van der Waals surface area (Å²) in [4.78, 5) is 0. The predicted molar refractivity (Wildman–Crippen MR) is 89.9 cm³/mol. The van der Waals surface area contributed by atoms with Crippen LogP contribution in [0, 0.1) is 0 Å². The molecule has 3 unspecified atom stereocenters. The molecule has 1 fully saturated rings. The van der Waals surface area contributed by atoms with E-state index in [4.69, 9.17) is 16.2 Å². The molecule has 0 saturated carbocycles. The number of rotatable bonds is 5. The lowest BCUT2D eigenvalue weighted by Crippen LogP contribution is -2.24. The summed E-state index contributed by atoms with van der Waals surface area (Å²) in [7, 11) is 0. The molecule has 0 aliphatic carbocycles. The van der Waals surface area contributed by atoms with E-state index in [1.54, 1.807) is 0 Å². The number of ether oxygens (including phenoxy) is 1. The normalized spacial score (nSPS) is 22.6. The zero-order valence-electron chi connectivity index (χ0n) is 12.8. The third-order valence-corrected chi connectivity index (χ3v) is 4.62. The lowest BCUT2D eigenvalue weighted by molar-refractivity contribution is 0.110. The zero-order chi connectivity index (χ0) is 15.4. The van der Waals surface area contributed by atoms with Gasteiger partial charge in [0.1, 0.15) is 0 Å². The minimum absolute atomic E-state index is 0.142. The Morgan fingerprint density at radius 1 is 1.00 bits per heavy atom. The minimum atomic E-state index is 0.142. The van der Waals surface area contributed by atoms with Crippen molar-refractivity contribution in [3.05, 3.63) is 71.3 Å². The molecule has 0 aromatic heterocycles. The third-order valence-electron chi connectivity index (χ3n) is 4.62. The fraction of sp³-hybridized carbons (Fsp3) is 0.368. The molecule has 1 heterocycles. The summed E-state index contributed by atoms with van der Waals surface area (Å²) in [6, 6.07) is 19.2. The lowest BCUT2D eigenvalue weighted by atomic mass is 9.86. The second kappa shape index (κ2) is 7.05. The maximum absolute atomic E-state index is 6.05. The van der Waals surface area contributed by atoms with Gasteiger partial charge in [-0.1, -0.05) is 54.6 Å². The van der Waals surface area contributed by atoms with E-state index < -0.39 is 0 Å². The van der Waals surface area contributed by atoms with Crippen molar-refractivity contribution in [2.45, 2.75) is 24.4 Å². The summed E-state index contributed by atoms with van der Waals surface area (Å²) in [5, 5.41) is 0. The fourth-order valence-corrected chi connectivity index (χ4v) is 3.42. The molecule has 1 aliphatic heterocycles. The first-order chi connectivity index (χ1) is 10.8. The highest BCUT2D eigenvalue weighted by Crippen LogP contribution is 2.33. The minimum Gasteiger partial charge on any atom is -0.376 e. The van der Waals surface area contributed by atoms with E-state index in [0.717, 1.165) is 13.0 Å². The van der Waals surface area contributed by atoms with Crippen molar-refractivity contribution in [1.82, 2.24) is 0 Å². The number of hydrogen-bond acceptors (Lipinski definition) is 3. The van der Waals surface area contributed by atoms with Gasteiger partial charge in [-0.2, -0.15) is 0 Å². The van der Waals surface area contributed by atoms with Crippen molar-refractivity contribution in [2.24, 2.45) is 11.5 Å². The Morgan fingerprint density at radius 2 is 1.77 bits per heavy atom. The van der Waals surface area contributed by atoms with Crippen LogP contribution in [0.1, 0.15) is 34.9 Å².